The Morgan fingerprint density at radius 1 is 1.50 bits per heavy atom. The van der Waals surface area contributed by atoms with Gasteiger partial charge in [0.1, 0.15) is 5.75 Å². The lowest BCUT2D eigenvalue weighted by molar-refractivity contribution is -0.123. The molecule has 1 amide bonds. The van der Waals surface area contributed by atoms with Crippen molar-refractivity contribution in [2.75, 3.05) is 26.8 Å². The summed E-state index contributed by atoms with van der Waals surface area (Å²) in [6, 6.07) is 5.43. The fourth-order valence-electron chi connectivity index (χ4n) is 2.79. The lowest BCUT2D eigenvalue weighted by Crippen LogP contribution is -2.47. The molecular formula is C16H23ClN2O3. The molecular weight excluding hydrogens is 304 g/mol. The molecule has 1 unspecified atom stereocenters. The van der Waals surface area contributed by atoms with Crippen LogP contribution in [0.3, 0.4) is 0 Å². The number of benzene rings is 1. The SMILES string of the molecule is COc1ccc(Cl)cc1CNC(=O)CN1CCCCC1CO. The van der Waals surface area contributed by atoms with Crippen LogP contribution in [0, 0.1) is 0 Å². The zero-order valence-electron chi connectivity index (χ0n) is 12.8. The number of nitrogens with one attached hydrogen (secondary N) is 1. The second-order valence-corrected chi connectivity index (χ2v) is 5.97. The number of aliphatic hydroxyl groups excluding tert-OH is 1. The van der Waals surface area contributed by atoms with E-state index in [1.165, 1.54) is 0 Å². The number of carbonyl (C=O) groups is 1. The monoisotopic (exact) mass is 326 g/mol. The Labute approximate surface area is 136 Å². The molecule has 1 fully saturated rings. The zero-order chi connectivity index (χ0) is 15.9. The van der Waals surface area contributed by atoms with Crippen LogP contribution >= 0.6 is 11.6 Å². The Morgan fingerprint density at radius 2 is 2.32 bits per heavy atom. The van der Waals surface area contributed by atoms with Crippen molar-refractivity contribution in [2.24, 2.45) is 0 Å². The molecule has 1 aliphatic heterocycles. The molecule has 1 atom stereocenters. The molecule has 22 heavy (non-hydrogen) atoms. The van der Waals surface area contributed by atoms with Crippen LogP contribution in [-0.2, 0) is 11.3 Å². The quantitative estimate of drug-likeness (QED) is 0.837. The first-order chi connectivity index (χ1) is 10.6. The van der Waals surface area contributed by atoms with Crippen molar-refractivity contribution in [3.8, 4) is 5.75 Å². The van der Waals surface area contributed by atoms with E-state index < -0.39 is 0 Å². The minimum Gasteiger partial charge on any atom is -0.496 e. The second-order valence-electron chi connectivity index (χ2n) is 5.54. The van der Waals surface area contributed by atoms with E-state index in [2.05, 4.69) is 5.32 Å². The highest BCUT2D eigenvalue weighted by Crippen LogP contribution is 2.22. The maximum absolute atomic E-state index is 12.1. The minimum absolute atomic E-state index is 0.0534. The van der Waals surface area contributed by atoms with Gasteiger partial charge in [0.15, 0.2) is 0 Å². The van der Waals surface area contributed by atoms with E-state index in [0.29, 0.717) is 23.9 Å². The highest BCUT2D eigenvalue weighted by Gasteiger charge is 2.23. The summed E-state index contributed by atoms with van der Waals surface area (Å²) in [7, 11) is 1.59. The molecule has 1 heterocycles. The fraction of sp³-hybridized carbons (Fsp3) is 0.562. The van der Waals surface area contributed by atoms with Crippen molar-refractivity contribution in [1.29, 1.82) is 0 Å². The molecule has 0 bridgehead atoms. The first kappa shape index (κ1) is 17.1. The number of ether oxygens (including phenoxy) is 1. The number of halogens is 1. The summed E-state index contributed by atoms with van der Waals surface area (Å²) in [6.45, 7) is 1.66. The molecule has 1 aliphatic rings. The van der Waals surface area contributed by atoms with E-state index >= 15 is 0 Å². The van der Waals surface area contributed by atoms with E-state index in [1.54, 1.807) is 25.3 Å². The van der Waals surface area contributed by atoms with Crippen LogP contribution in [-0.4, -0.2) is 48.8 Å². The van der Waals surface area contributed by atoms with E-state index in [0.717, 1.165) is 31.4 Å². The van der Waals surface area contributed by atoms with Crippen LogP contribution in [0.25, 0.3) is 0 Å². The van der Waals surface area contributed by atoms with Gasteiger partial charge in [-0.1, -0.05) is 18.0 Å². The molecule has 6 heteroatoms. The average Bonchev–Trinajstić information content (AvgIpc) is 2.53. The molecule has 0 aromatic heterocycles. The lowest BCUT2D eigenvalue weighted by Gasteiger charge is -2.33. The van der Waals surface area contributed by atoms with Gasteiger partial charge in [-0.25, -0.2) is 0 Å². The summed E-state index contributed by atoms with van der Waals surface area (Å²) in [5.41, 5.74) is 0.848. The number of rotatable bonds is 6. The van der Waals surface area contributed by atoms with Gasteiger partial charge in [-0.05, 0) is 37.6 Å². The summed E-state index contributed by atoms with van der Waals surface area (Å²) in [5, 5.41) is 12.9. The van der Waals surface area contributed by atoms with Gasteiger partial charge in [0.2, 0.25) is 5.91 Å². The Kier molecular flexibility index (Phi) is 6.49. The standard InChI is InChI=1S/C16H23ClN2O3/c1-22-15-6-5-13(17)8-12(15)9-18-16(21)10-19-7-3-2-4-14(19)11-20/h5-6,8,14,20H,2-4,7,9-11H2,1H3,(H,18,21). The van der Waals surface area contributed by atoms with Crippen molar-refractivity contribution >= 4 is 17.5 Å². The van der Waals surface area contributed by atoms with Crippen molar-refractivity contribution in [1.82, 2.24) is 10.2 Å². The molecule has 122 valence electrons. The molecule has 1 saturated heterocycles. The first-order valence-corrected chi connectivity index (χ1v) is 7.96. The van der Waals surface area contributed by atoms with Crippen LogP contribution in [0.2, 0.25) is 5.02 Å². The van der Waals surface area contributed by atoms with E-state index in [9.17, 15) is 9.90 Å². The molecule has 2 rings (SSSR count). The molecule has 1 aromatic rings. The van der Waals surface area contributed by atoms with Crippen LogP contribution < -0.4 is 10.1 Å². The summed E-state index contributed by atoms with van der Waals surface area (Å²) in [5.74, 6) is 0.651. The summed E-state index contributed by atoms with van der Waals surface area (Å²) >= 11 is 5.98. The number of hydrogen-bond acceptors (Lipinski definition) is 4. The predicted molar refractivity (Wildman–Crippen MR) is 86.1 cm³/mol. The third-order valence-electron chi connectivity index (χ3n) is 4.02. The number of aliphatic hydroxyl groups is 1. The Morgan fingerprint density at radius 3 is 3.05 bits per heavy atom. The maximum atomic E-state index is 12.1. The Balaban J connectivity index is 1.88. The number of likely N-dealkylation sites (tertiary alicyclic amines) is 1. The van der Waals surface area contributed by atoms with Crippen LogP contribution in [0.1, 0.15) is 24.8 Å². The van der Waals surface area contributed by atoms with Gasteiger partial charge in [-0.15, -0.1) is 0 Å². The lowest BCUT2D eigenvalue weighted by atomic mass is 10.0. The van der Waals surface area contributed by atoms with Gasteiger partial charge in [0.25, 0.3) is 0 Å². The molecule has 0 saturated carbocycles. The predicted octanol–water partition coefficient (Wildman–Crippen LogP) is 1.81. The minimum atomic E-state index is -0.0534. The molecule has 1 aromatic carbocycles. The number of piperidine rings is 1. The molecule has 5 nitrogen and oxygen atoms in total. The zero-order valence-corrected chi connectivity index (χ0v) is 13.6. The van der Waals surface area contributed by atoms with Gasteiger partial charge >= 0.3 is 0 Å². The van der Waals surface area contributed by atoms with Crippen molar-refractivity contribution in [3.05, 3.63) is 28.8 Å². The molecule has 0 spiro atoms. The Bertz CT molecular complexity index is 510. The van der Waals surface area contributed by atoms with Crippen molar-refractivity contribution < 1.29 is 14.6 Å². The molecule has 0 radical (unpaired) electrons. The van der Waals surface area contributed by atoms with Crippen molar-refractivity contribution in [2.45, 2.75) is 31.8 Å². The van der Waals surface area contributed by atoms with Crippen molar-refractivity contribution in [3.63, 3.8) is 0 Å². The van der Waals surface area contributed by atoms with Crippen LogP contribution in [0.5, 0.6) is 5.75 Å². The van der Waals surface area contributed by atoms with Crippen LogP contribution in [0.15, 0.2) is 18.2 Å². The largest absolute Gasteiger partial charge is 0.496 e. The summed E-state index contributed by atoms with van der Waals surface area (Å²) < 4.78 is 5.26. The van der Waals surface area contributed by atoms with E-state index in [-0.39, 0.29) is 18.6 Å². The topological polar surface area (TPSA) is 61.8 Å². The number of amides is 1. The summed E-state index contributed by atoms with van der Waals surface area (Å²) in [4.78, 5) is 14.2. The number of methoxy groups -OCH3 is 1. The normalized spacial score (nSPS) is 19.0. The third-order valence-corrected chi connectivity index (χ3v) is 4.26. The van der Waals surface area contributed by atoms with Gasteiger partial charge in [-0.3, -0.25) is 9.69 Å². The van der Waals surface area contributed by atoms with E-state index in [1.807, 2.05) is 4.90 Å². The summed E-state index contributed by atoms with van der Waals surface area (Å²) in [6.07, 6.45) is 3.14. The second kappa shape index (κ2) is 8.36. The number of nitrogens with zero attached hydrogens (tertiary/aromatic N) is 1. The van der Waals surface area contributed by atoms with Gasteiger partial charge in [-0.2, -0.15) is 0 Å². The highest BCUT2D eigenvalue weighted by atomic mass is 35.5. The number of carbonyl (C=O) groups excluding carboxylic acids is 1. The van der Waals surface area contributed by atoms with Crippen LogP contribution in [0.4, 0.5) is 0 Å². The number of hydrogen-bond donors (Lipinski definition) is 2. The van der Waals surface area contributed by atoms with Gasteiger partial charge in [0.05, 0.1) is 20.3 Å². The molecule has 2 N–H and O–H groups in total. The Hall–Kier alpha value is -1.30. The third kappa shape index (κ3) is 4.60. The highest BCUT2D eigenvalue weighted by molar-refractivity contribution is 6.30. The van der Waals surface area contributed by atoms with Gasteiger partial charge in [0, 0.05) is 23.2 Å². The smallest absolute Gasteiger partial charge is 0.234 e. The average molecular weight is 327 g/mol. The first-order valence-electron chi connectivity index (χ1n) is 7.58. The van der Waals surface area contributed by atoms with E-state index in [4.69, 9.17) is 16.3 Å². The molecule has 0 aliphatic carbocycles. The fourth-order valence-corrected chi connectivity index (χ4v) is 2.99. The van der Waals surface area contributed by atoms with Gasteiger partial charge < -0.3 is 15.2 Å². The maximum Gasteiger partial charge on any atom is 0.234 e.